The Bertz CT molecular complexity index is 925. The first-order chi connectivity index (χ1) is 12.7. The van der Waals surface area contributed by atoms with Gasteiger partial charge < -0.3 is 16.0 Å². The van der Waals surface area contributed by atoms with Gasteiger partial charge in [0.05, 0.1) is 5.52 Å². The first kappa shape index (κ1) is 17.2. The molecule has 0 radical (unpaired) electrons. The summed E-state index contributed by atoms with van der Waals surface area (Å²) < 4.78 is 0. The van der Waals surface area contributed by atoms with Crippen LogP contribution in [0.5, 0.6) is 0 Å². The van der Waals surface area contributed by atoms with Crippen molar-refractivity contribution in [2.45, 2.75) is 18.4 Å². The predicted octanol–water partition coefficient (Wildman–Crippen LogP) is 4.03. The zero-order chi connectivity index (χ0) is 17.9. The number of benzene rings is 2. The molecule has 0 saturated heterocycles. The lowest BCUT2D eigenvalue weighted by Crippen LogP contribution is -2.25. The molecule has 0 fully saturated rings. The summed E-state index contributed by atoms with van der Waals surface area (Å²) in [5.74, 6) is 2.09. The second kappa shape index (κ2) is 7.56. The van der Waals surface area contributed by atoms with Crippen LogP contribution in [0.1, 0.15) is 11.1 Å². The van der Waals surface area contributed by atoms with Crippen LogP contribution in [-0.2, 0) is 6.54 Å². The van der Waals surface area contributed by atoms with Crippen LogP contribution in [0.4, 0.5) is 11.5 Å². The van der Waals surface area contributed by atoms with Gasteiger partial charge in [0, 0.05) is 54.0 Å². The fraction of sp³-hybridized carbons (Fsp3) is 0.286. The molecule has 0 amide bonds. The lowest BCUT2D eigenvalue weighted by molar-refractivity contribution is 0.821. The maximum atomic E-state index is 5.71. The molecule has 0 spiro atoms. The van der Waals surface area contributed by atoms with Crippen molar-refractivity contribution in [1.82, 2.24) is 4.98 Å². The van der Waals surface area contributed by atoms with E-state index in [2.05, 4.69) is 65.7 Å². The summed E-state index contributed by atoms with van der Waals surface area (Å²) in [7, 11) is 0. The van der Waals surface area contributed by atoms with E-state index in [0.717, 1.165) is 47.8 Å². The zero-order valence-electron chi connectivity index (χ0n) is 15.0. The van der Waals surface area contributed by atoms with Crippen molar-refractivity contribution in [3.05, 3.63) is 59.7 Å². The average Bonchev–Trinajstić information content (AvgIpc) is 2.88. The van der Waals surface area contributed by atoms with Crippen LogP contribution in [0.15, 0.2) is 53.4 Å². The summed E-state index contributed by atoms with van der Waals surface area (Å²) in [6, 6.07) is 17.3. The molecular weight excluding hydrogens is 340 g/mol. The molecule has 26 heavy (non-hydrogen) atoms. The highest BCUT2D eigenvalue weighted by Gasteiger charge is 2.17. The minimum atomic E-state index is 0.610. The molecule has 2 aromatic carbocycles. The Hall–Kier alpha value is -2.24. The molecule has 1 aliphatic rings. The van der Waals surface area contributed by atoms with E-state index in [1.165, 1.54) is 16.0 Å². The Morgan fingerprint density at radius 2 is 2.08 bits per heavy atom. The third-order valence-corrected chi connectivity index (χ3v) is 5.78. The summed E-state index contributed by atoms with van der Waals surface area (Å²) in [5, 5.41) is 4.64. The van der Waals surface area contributed by atoms with E-state index in [9.17, 15) is 0 Å². The second-order valence-corrected chi connectivity index (χ2v) is 7.78. The molecule has 1 aromatic heterocycles. The van der Waals surface area contributed by atoms with Crippen LogP contribution in [0.2, 0.25) is 0 Å². The van der Waals surface area contributed by atoms with Crippen LogP contribution in [0, 0.1) is 6.92 Å². The molecule has 5 heteroatoms. The van der Waals surface area contributed by atoms with E-state index in [1.807, 2.05) is 11.8 Å². The van der Waals surface area contributed by atoms with E-state index in [0.29, 0.717) is 6.54 Å². The second-order valence-electron chi connectivity index (χ2n) is 6.64. The van der Waals surface area contributed by atoms with Crippen molar-refractivity contribution in [2.24, 2.45) is 5.73 Å². The minimum Gasteiger partial charge on any atom is -0.383 e. The van der Waals surface area contributed by atoms with Crippen molar-refractivity contribution in [1.29, 1.82) is 0 Å². The maximum Gasteiger partial charge on any atom is 0.131 e. The number of hydrogen-bond acceptors (Lipinski definition) is 5. The van der Waals surface area contributed by atoms with E-state index in [4.69, 9.17) is 10.7 Å². The van der Waals surface area contributed by atoms with E-state index in [-0.39, 0.29) is 0 Å². The predicted molar refractivity (Wildman–Crippen MR) is 112 cm³/mol. The Kier molecular flexibility index (Phi) is 5.00. The summed E-state index contributed by atoms with van der Waals surface area (Å²) in [6.45, 7) is 5.36. The Labute approximate surface area is 158 Å². The molecule has 0 bridgehead atoms. The highest BCUT2D eigenvalue weighted by molar-refractivity contribution is 7.99. The number of anilines is 2. The van der Waals surface area contributed by atoms with Gasteiger partial charge in [0.25, 0.3) is 0 Å². The molecule has 2 heterocycles. The number of pyridine rings is 1. The van der Waals surface area contributed by atoms with Gasteiger partial charge in [-0.15, -0.1) is 11.8 Å². The van der Waals surface area contributed by atoms with Crippen LogP contribution < -0.4 is 16.0 Å². The van der Waals surface area contributed by atoms with Gasteiger partial charge in [0.15, 0.2) is 0 Å². The Morgan fingerprint density at radius 3 is 2.96 bits per heavy atom. The van der Waals surface area contributed by atoms with Gasteiger partial charge >= 0.3 is 0 Å². The molecular formula is C21H24N4S. The number of aromatic nitrogens is 1. The summed E-state index contributed by atoms with van der Waals surface area (Å²) in [5.41, 5.74) is 10.5. The average molecular weight is 365 g/mol. The number of fused-ring (bicyclic) bond motifs is 2. The molecule has 0 saturated carbocycles. The van der Waals surface area contributed by atoms with Crippen LogP contribution >= 0.6 is 11.8 Å². The summed E-state index contributed by atoms with van der Waals surface area (Å²) >= 11 is 1.93. The SMILES string of the molecule is Cc1ccc2nc(N3CCSc4ccccc4C3)cc(NCCN)c2c1. The topological polar surface area (TPSA) is 54.2 Å². The number of hydrogen-bond donors (Lipinski definition) is 2. The molecule has 0 unspecified atom stereocenters. The number of thioether (sulfide) groups is 1. The number of aryl methyl sites for hydroxylation is 1. The Morgan fingerprint density at radius 1 is 1.19 bits per heavy atom. The quantitative estimate of drug-likeness (QED) is 0.732. The van der Waals surface area contributed by atoms with E-state index >= 15 is 0 Å². The largest absolute Gasteiger partial charge is 0.383 e. The van der Waals surface area contributed by atoms with Gasteiger partial charge in [-0.2, -0.15) is 0 Å². The number of rotatable bonds is 4. The van der Waals surface area contributed by atoms with Crippen molar-refractivity contribution < 1.29 is 0 Å². The maximum absolute atomic E-state index is 5.71. The van der Waals surface area contributed by atoms with Crippen LogP contribution in [-0.4, -0.2) is 30.4 Å². The lowest BCUT2D eigenvalue weighted by Gasteiger charge is -2.23. The highest BCUT2D eigenvalue weighted by Crippen LogP contribution is 2.32. The van der Waals surface area contributed by atoms with Crippen LogP contribution in [0.3, 0.4) is 0 Å². The van der Waals surface area contributed by atoms with Gasteiger partial charge in [-0.25, -0.2) is 4.98 Å². The van der Waals surface area contributed by atoms with Crippen molar-refractivity contribution in [2.75, 3.05) is 35.6 Å². The van der Waals surface area contributed by atoms with E-state index < -0.39 is 0 Å². The van der Waals surface area contributed by atoms with Gasteiger partial charge in [-0.3, -0.25) is 0 Å². The molecule has 0 atom stereocenters. The van der Waals surface area contributed by atoms with Crippen LogP contribution in [0.25, 0.3) is 10.9 Å². The fourth-order valence-electron chi connectivity index (χ4n) is 3.36. The number of nitrogens with two attached hydrogens (primary N) is 1. The number of nitrogens with zero attached hydrogens (tertiary/aromatic N) is 2. The monoisotopic (exact) mass is 364 g/mol. The Balaban J connectivity index is 1.75. The normalized spacial score (nSPS) is 14.2. The molecule has 1 aliphatic heterocycles. The molecule has 134 valence electrons. The third kappa shape index (κ3) is 3.50. The molecule has 4 nitrogen and oxygen atoms in total. The van der Waals surface area contributed by atoms with Gasteiger partial charge in [0.1, 0.15) is 5.82 Å². The zero-order valence-corrected chi connectivity index (χ0v) is 15.9. The van der Waals surface area contributed by atoms with Gasteiger partial charge in [-0.05, 0) is 30.7 Å². The van der Waals surface area contributed by atoms with Crippen molar-refractivity contribution >= 4 is 34.2 Å². The van der Waals surface area contributed by atoms with Gasteiger partial charge in [0.2, 0.25) is 0 Å². The highest BCUT2D eigenvalue weighted by atomic mass is 32.2. The fourth-order valence-corrected chi connectivity index (χ4v) is 4.39. The van der Waals surface area contributed by atoms with Crippen molar-refractivity contribution in [3.8, 4) is 0 Å². The standard InChI is InChI=1S/C21H24N4S/c1-15-6-7-18-17(12-15)19(23-9-8-22)13-21(24-18)25-10-11-26-20-5-3-2-4-16(20)14-25/h2-7,12-13H,8-11,14,22H2,1H3,(H,23,24). The summed E-state index contributed by atoms with van der Waals surface area (Å²) in [6.07, 6.45) is 0. The smallest absolute Gasteiger partial charge is 0.131 e. The molecule has 0 aliphatic carbocycles. The summed E-state index contributed by atoms with van der Waals surface area (Å²) in [4.78, 5) is 8.73. The first-order valence-corrected chi connectivity index (χ1v) is 10.0. The third-order valence-electron chi connectivity index (χ3n) is 4.69. The lowest BCUT2D eigenvalue weighted by atomic mass is 10.1. The molecule has 4 rings (SSSR count). The van der Waals surface area contributed by atoms with Crippen molar-refractivity contribution in [3.63, 3.8) is 0 Å². The molecule has 3 N–H and O–H groups in total. The minimum absolute atomic E-state index is 0.610. The first-order valence-electron chi connectivity index (χ1n) is 9.05. The van der Waals surface area contributed by atoms with E-state index in [1.54, 1.807) is 0 Å². The number of nitrogens with one attached hydrogen (secondary N) is 1. The molecule has 3 aromatic rings. The van der Waals surface area contributed by atoms with Gasteiger partial charge in [-0.1, -0.05) is 29.8 Å².